The Morgan fingerprint density at radius 1 is 1.28 bits per heavy atom. The number of aryl methyl sites for hydroxylation is 1. The van der Waals surface area contributed by atoms with Crippen molar-refractivity contribution < 1.29 is 14.6 Å². The Bertz CT molecular complexity index is 551. The normalized spacial score (nSPS) is 10.4. The summed E-state index contributed by atoms with van der Waals surface area (Å²) >= 11 is 1.36. The third-order valence-electron chi connectivity index (χ3n) is 2.66. The van der Waals surface area contributed by atoms with E-state index in [9.17, 15) is 5.11 Å². The van der Waals surface area contributed by atoms with Crippen LogP contribution in [-0.4, -0.2) is 24.3 Å². The molecule has 0 aliphatic rings. The Hall–Kier alpha value is -1.59. The Morgan fingerprint density at radius 2 is 2.06 bits per heavy atom. The van der Waals surface area contributed by atoms with Crippen LogP contribution in [0.1, 0.15) is 10.4 Å². The minimum atomic E-state index is -0.0402. The van der Waals surface area contributed by atoms with E-state index in [2.05, 4.69) is 4.98 Å². The lowest BCUT2D eigenvalue weighted by molar-refractivity contribution is 0.286. The van der Waals surface area contributed by atoms with Crippen molar-refractivity contribution >= 4 is 11.3 Å². The lowest BCUT2D eigenvalue weighted by Crippen LogP contribution is -1.90. The summed E-state index contributed by atoms with van der Waals surface area (Å²) in [4.78, 5) is 5.16. The highest BCUT2D eigenvalue weighted by atomic mass is 32.1. The van der Waals surface area contributed by atoms with Gasteiger partial charge in [-0.2, -0.15) is 0 Å². The SMILES string of the molecule is COc1nc(-c2ccc(OC)c(C)c2)c(CO)s1. The first-order valence-corrected chi connectivity index (χ1v) is 6.30. The summed E-state index contributed by atoms with van der Waals surface area (Å²) < 4.78 is 10.3. The molecule has 0 spiro atoms. The molecule has 0 amide bonds. The second-order valence-corrected chi connectivity index (χ2v) is 4.84. The van der Waals surface area contributed by atoms with Gasteiger partial charge in [-0.15, -0.1) is 0 Å². The van der Waals surface area contributed by atoms with Gasteiger partial charge in [0.2, 0.25) is 0 Å². The molecule has 2 aromatic rings. The fourth-order valence-electron chi connectivity index (χ4n) is 1.78. The lowest BCUT2D eigenvalue weighted by Gasteiger charge is -2.06. The molecule has 4 nitrogen and oxygen atoms in total. The zero-order valence-corrected chi connectivity index (χ0v) is 11.4. The number of hydrogen-bond donors (Lipinski definition) is 1. The van der Waals surface area contributed by atoms with E-state index in [1.54, 1.807) is 14.2 Å². The van der Waals surface area contributed by atoms with Crippen LogP contribution in [0.2, 0.25) is 0 Å². The molecule has 18 heavy (non-hydrogen) atoms. The lowest BCUT2D eigenvalue weighted by atomic mass is 10.1. The molecular weight excluding hydrogens is 250 g/mol. The van der Waals surface area contributed by atoms with Crippen molar-refractivity contribution in [2.45, 2.75) is 13.5 Å². The van der Waals surface area contributed by atoms with Gasteiger partial charge in [-0.1, -0.05) is 11.3 Å². The van der Waals surface area contributed by atoms with Crippen molar-refractivity contribution in [2.24, 2.45) is 0 Å². The summed E-state index contributed by atoms with van der Waals surface area (Å²) in [5.41, 5.74) is 2.76. The topological polar surface area (TPSA) is 51.6 Å². The van der Waals surface area contributed by atoms with Crippen LogP contribution in [0, 0.1) is 6.92 Å². The van der Waals surface area contributed by atoms with Crippen molar-refractivity contribution in [3.05, 3.63) is 28.6 Å². The van der Waals surface area contributed by atoms with Crippen LogP contribution < -0.4 is 9.47 Å². The van der Waals surface area contributed by atoms with Crippen molar-refractivity contribution in [1.29, 1.82) is 0 Å². The Morgan fingerprint density at radius 3 is 2.61 bits per heavy atom. The van der Waals surface area contributed by atoms with E-state index in [1.165, 1.54) is 11.3 Å². The minimum absolute atomic E-state index is 0.0402. The molecule has 1 N–H and O–H groups in total. The Kier molecular flexibility index (Phi) is 3.84. The second-order valence-electron chi connectivity index (χ2n) is 3.80. The second kappa shape index (κ2) is 5.37. The van der Waals surface area contributed by atoms with Crippen molar-refractivity contribution in [3.63, 3.8) is 0 Å². The van der Waals surface area contributed by atoms with Crippen LogP contribution in [0.25, 0.3) is 11.3 Å². The number of aromatic nitrogens is 1. The van der Waals surface area contributed by atoms with Crippen LogP contribution in [0.3, 0.4) is 0 Å². The molecule has 0 fully saturated rings. The van der Waals surface area contributed by atoms with Crippen molar-refractivity contribution in [1.82, 2.24) is 4.98 Å². The van der Waals surface area contributed by atoms with E-state index in [4.69, 9.17) is 9.47 Å². The van der Waals surface area contributed by atoms with E-state index in [0.29, 0.717) is 5.19 Å². The molecule has 0 bridgehead atoms. The number of aliphatic hydroxyl groups excluding tert-OH is 1. The largest absolute Gasteiger partial charge is 0.496 e. The third kappa shape index (κ3) is 2.32. The molecule has 0 saturated carbocycles. The Labute approximate surface area is 110 Å². The number of rotatable bonds is 4. The van der Waals surface area contributed by atoms with E-state index in [1.807, 2.05) is 25.1 Å². The molecule has 0 saturated heterocycles. The van der Waals surface area contributed by atoms with Gasteiger partial charge in [0.15, 0.2) is 0 Å². The van der Waals surface area contributed by atoms with Gasteiger partial charge in [-0.3, -0.25) is 0 Å². The number of ether oxygens (including phenoxy) is 2. The fourth-order valence-corrected chi connectivity index (χ4v) is 2.53. The van der Waals surface area contributed by atoms with E-state index in [0.717, 1.165) is 27.4 Å². The number of nitrogens with zero attached hydrogens (tertiary/aromatic N) is 1. The van der Waals surface area contributed by atoms with Crippen molar-refractivity contribution in [2.75, 3.05) is 14.2 Å². The van der Waals surface area contributed by atoms with E-state index in [-0.39, 0.29) is 6.61 Å². The van der Waals surface area contributed by atoms with E-state index < -0.39 is 0 Å². The van der Waals surface area contributed by atoms with Crippen LogP contribution in [0.4, 0.5) is 0 Å². The van der Waals surface area contributed by atoms with Crippen LogP contribution >= 0.6 is 11.3 Å². The molecule has 0 atom stereocenters. The monoisotopic (exact) mass is 265 g/mol. The molecule has 1 aromatic heterocycles. The maximum absolute atomic E-state index is 9.35. The third-order valence-corrected chi connectivity index (χ3v) is 3.67. The first kappa shape index (κ1) is 12.9. The predicted octanol–water partition coefficient (Wildman–Crippen LogP) is 2.63. The maximum Gasteiger partial charge on any atom is 0.273 e. The number of hydrogen-bond acceptors (Lipinski definition) is 5. The quantitative estimate of drug-likeness (QED) is 0.923. The fraction of sp³-hybridized carbons (Fsp3) is 0.308. The van der Waals surface area contributed by atoms with Gasteiger partial charge in [-0.25, -0.2) is 4.98 Å². The smallest absolute Gasteiger partial charge is 0.273 e. The number of thiazole rings is 1. The molecular formula is C13H15NO3S. The average molecular weight is 265 g/mol. The first-order chi connectivity index (χ1) is 8.69. The van der Waals surface area contributed by atoms with Gasteiger partial charge >= 0.3 is 0 Å². The summed E-state index contributed by atoms with van der Waals surface area (Å²) in [6.45, 7) is 1.94. The van der Waals surface area contributed by atoms with Gasteiger partial charge in [0.05, 0.1) is 31.4 Å². The molecule has 1 heterocycles. The summed E-state index contributed by atoms with van der Waals surface area (Å²) in [6.07, 6.45) is 0. The highest BCUT2D eigenvalue weighted by Crippen LogP contribution is 2.34. The molecule has 2 rings (SSSR count). The van der Waals surface area contributed by atoms with Gasteiger partial charge in [0.1, 0.15) is 5.75 Å². The van der Waals surface area contributed by atoms with Gasteiger partial charge in [0.25, 0.3) is 5.19 Å². The summed E-state index contributed by atoms with van der Waals surface area (Å²) in [5, 5.41) is 9.91. The zero-order valence-electron chi connectivity index (χ0n) is 10.6. The molecule has 1 aromatic carbocycles. The highest BCUT2D eigenvalue weighted by molar-refractivity contribution is 7.13. The Balaban J connectivity index is 2.47. The van der Waals surface area contributed by atoms with E-state index >= 15 is 0 Å². The number of benzene rings is 1. The number of aliphatic hydroxyl groups is 1. The predicted molar refractivity (Wildman–Crippen MR) is 71.3 cm³/mol. The van der Waals surface area contributed by atoms with Crippen molar-refractivity contribution in [3.8, 4) is 22.2 Å². The van der Waals surface area contributed by atoms with Crippen LogP contribution in [0.15, 0.2) is 18.2 Å². The molecule has 0 unspecified atom stereocenters. The van der Waals surface area contributed by atoms with Crippen LogP contribution in [0.5, 0.6) is 10.9 Å². The maximum atomic E-state index is 9.35. The molecule has 96 valence electrons. The summed E-state index contributed by atoms with van der Waals surface area (Å²) in [5.74, 6) is 0.839. The summed E-state index contributed by atoms with van der Waals surface area (Å²) in [7, 11) is 3.22. The average Bonchev–Trinajstić information content (AvgIpc) is 2.82. The zero-order chi connectivity index (χ0) is 13.1. The van der Waals surface area contributed by atoms with Crippen LogP contribution in [-0.2, 0) is 6.61 Å². The molecule has 0 aliphatic heterocycles. The van der Waals surface area contributed by atoms with Gasteiger partial charge < -0.3 is 14.6 Å². The molecule has 5 heteroatoms. The van der Waals surface area contributed by atoms with Gasteiger partial charge in [-0.05, 0) is 30.7 Å². The molecule has 0 aliphatic carbocycles. The first-order valence-electron chi connectivity index (χ1n) is 5.49. The minimum Gasteiger partial charge on any atom is -0.496 e. The number of methoxy groups -OCH3 is 2. The van der Waals surface area contributed by atoms with Gasteiger partial charge in [0, 0.05) is 5.56 Å². The standard InChI is InChI=1S/C13H15NO3S/c1-8-6-9(4-5-10(8)16-2)12-11(7-15)18-13(14-12)17-3/h4-6,15H,7H2,1-3H3. The highest BCUT2D eigenvalue weighted by Gasteiger charge is 2.13. The summed E-state index contributed by atoms with van der Waals surface area (Å²) in [6, 6.07) is 5.82. The molecule has 0 radical (unpaired) electrons.